The highest BCUT2D eigenvalue weighted by Crippen LogP contribution is 1.99. The van der Waals surface area contributed by atoms with Crippen LogP contribution in [0.25, 0.3) is 0 Å². The van der Waals surface area contributed by atoms with Crippen LogP contribution in [0.2, 0.25) is 0 Å². The van der Waals surface area contributed by atoms with Gasteiger partial charge in [0, 0.05) is 12.3 Å². The number of carbonyl (C=O) groups is 1. The fourth-order valence-electron chi connectivity index (χ4n) is 1.53. The van der Waals surface area contributed by atoms with Crippen molar-refractivity contribution in [1.29, 1.82) is 0 Å². The standard InChI is InChI=1S/C12H12N4O2/c1-8-7-9(2)16(12(13)15-8)18-11(17)10-5-3-4-6-14-10/h3-7,13H,1-2H3/p+1. The predicted molar refractivity (Wildman–Crippen MR) is 63.5 cm³/mol. The monoisotopic (exact) mass is 245 g/mol. The van der Waals surface area contributed by atoms with Crippen molar-refractivity contribution < 1.29 is 14.4 Å². The highest BCUT2D eigenvalue weighted by molar-refractivity contribution is 5.86. The quantitative estimate of drug-likeness (QED) is 0.766. The van der Waals surface area contributed by atoms with Crippen molar-refractivity contribution in [2.24, 2.45) is 0 Å². The van der Waals surface area contributed by atoms with E-state index in [1.54, 1.807) is 31.2 Å². The van der Waals surface area contributed by atoms with Crippen molar-refractivity contribution in [2.45, 2.75) is 13.8 Å². The molecule has 0 aliphatic rings. The van der Waals surface area contributed by atoms with Crippen LogP contribution in [0.1, 0.15) is 21.9 Å². The lowest BCUT2D eigenvalue weighted by molar-refractivity contribution is -0.862. The molecule has 92 valence electrons. The number of rotatable bonds is 2. The van der Waals surface area contributed by atoms with Crippen LogP contribution < -0.4 is 15.3 Å². The van der Waals surface area contributed by atoms with Crippen molar-refractivity contribution >= 4 is 11.9 Å². The Morgan fingerprint density at radius 1 is 1.39 bits per heavy atom. The van der Waals surface area contributed by atoms with Gasteiger partial charge < -0.3 is 0 Å². The van der Waals surface area contributed by atoms with Crippen molar-refractivity contribution in [2.75, 3.05) is 5.73 Å². The first-order chi connectivity index (χ1) is 8.58. The number of aromatic nitrogens is 3. The average Bonchev–Trinajstić information content (AvgIpc) is 2.34. The molecule has 2 heterocycles. The second kappa shape index (κ2) is 4.79. The maximum atomic E-state index is 11.8. The summed E-state index contributed by atoms with van der Waals surface area (Å²) < 4.78 is 1.18. The van der Waals surface area contributed by atoms with E-state index >= 15 is 0 Å². The molecule has 0 saturated heterocycles. The largest absolute Gasteiger partial charge is 0.427 e. The number of nitrogen functional groups attached to an aromatic ring is 1. The molecule has 2 aromatic rings. The van der Waals surface area contributed by atoms with Gasteiger partial charge in [-0.1, -0.05) is 11.1 Å². The van der Waals surface area contributed by atoms with Crippen LogP contribution in [0, 0.1) is 13.8 Å². The molecular formula is C12H13N4O2+. The summed E-state index contributed by atoms with van der Waals surface area (Å²) in [5.74, 6) is -0.460. The Bertz CT molecular complexity index is 561. The van der Waals surface area contributed by atoms with E-state index in [0.29, 0.717) is 5.69 Å². The van der Waals surface area contributed by atoms with Gasteiger partial charge in [0.15, 0.2) is 5.69 Å². The first kappa shape index (κ1) is 12.0. The Balaban J connectivity index is 2.28. The summed E-state index contributed by atoms with van der Waals surface area (Å²) in [6, 6.07) is 6.76. The van der Waals surface area contributed by atoms with Crippen molar-refractivity contribution in [3.05, 3.63) is 47.5 Å². The zero-order valence-electron chi connectivity index (χ0n) is 10.1. The van der Waals surface area contributed by atoms with Gasteiger partial charge in [-0.2, -0.15) is 0 Å². The third kappa shape index (κ3) is 2.42. The zero-order valence-corrected chi connectivity index (χ0v) is 10.1. The predicted octanol–water partition coefficient (Wildman–Crippen LogP) is 0.232. The Labute approximate surface area is 104 Å². The number of aryl methyl sites for hydroxylation is 2. The molecule has 6 nitrogen and oxygen atoms in total. The van der Waals surface area contributed by atoms with Crippen LogP contribution in [0.15, 0.2) is 30.5 Å². The minimum atomic E-state index is -0.582. The molecule has 2 N–H and O–H groups in total. The molecule has 18 heavy (non-hydrogen) atoms. The van der Waals surface area contributed by atoms with E-state index < -0.39 is 5.97 Å². The fraction of sp³-hybridized carbons (Fsp3) is 0.167. The minimum absolute atomic E-state index is 0.122. The first-order valence-corrected chi connectivity index (χ1v) is 5.37. The maximum absolute atomic E-state index is 11.8. The Morgan fingerprint density at radius 3 is 2.78 bits per heavy atom. The van der Waals surface area contributed by atoms with Gasteiger partial charge in [0.05, 0.1) is 0 Å². The lowest BCUT2D eigenvalue weighted by atomic mass is 10.3. The van der Waals surface area contributed by atoms with Crippen molar-refractivity contribution in [1.82, 2.24) is 9.97 Å². The third-order valence-corrected chi connectivity index (χ3v) is 2.29. The van der Waals surface area contributed by atoms with Gasteiger partial charge in [-0.05, 0) is 30.7 Å². The molecule has 0 aliphatic heterocycles. The summed E-state index contributed by atoms with van der Waals surface area (Å²) in [5.41, 5.74) is 7.36. The molecule has 0 aromatic carbocycles. The van der Waals surface area contributed by atoms with Gasteiger partial charge in [-0.15, -0.1) is 0 Å². The second-order valence-corrected chi connectivity index (χ2v) is 3.79. The average molecular weight is 245 g/mol. The normalized spacial score (nSPS) is 10.1. The molecule has 0 saturated carbocycles. The Kier molecular flexibility index (Phi) is 3.18. The molecule has 2 aromatic heterocycles. The van der Waals surface area contributed by atoms with Gasteiger partial charge >= 0.3 is 11.9 Å². The molecule has 0 unspecified atom stereocenters. The van der Waals surface area contributed by atoms with Gasteiger partial charge in [-0.25, -0.2) is 9.78 Å². The van der Waals surface area contributed by atoms with Gasteiger partial charge in [-0.3, -0.25) is 10.6 Å². The maximum Gasteiger partial charge on any atom is 0.427 e. The van der Waals surface area contributed by atoms with E-state index in [9.17, 15) is 4.79 Å². The number of carbonyl (C=O) groups excluding carboxylic acids is 1. The number of nitrogens with zero attached hydrogens (tertiary/aromatic N) is 3. The summed E-state index contributed by atoms with van der Waals surface area (Å²) in [7, 11) is 0. The molecule has 0 radical (unpaired) electrons. The van der Waals surface area contributed by atoms with Crippen LogP contribution in [-0.2, 0) is 0 Å². The van der Waals surface area contributed by atoms with Gasteiger partial charge in [0.2, 0.25) is 0 Å². The van der Waals surface area contributed by atoms with E-state index in [-0.39, 0.29) is 11.6 Å². The highest BCUT2D eigenvalue weighted by atomic mass is 16.7. The molecule has 6 heteroatoms. The van der Waals surface area contributed by atoms with Crippen LogP contribution >= 0.6 is 0 Å². The molecule has 0 spiro atoms. The molecule has 0 fully saturated rings. The molecule has 2 rings (SSSR count). The van der Waals surface area contributed by atoms with Crippen molar-refractivity contribution in [3.8, 4) is 0 Å². The minimum Gasteiger partial charge on any atom is -0.284 e. The Hall–Kier alpha value is -2.50. The number of pyridine rings is 1. The van der Waals surface area contributed by atoms with E-state index in [0.717, 1.165) is 5.69 Å². The third-order valence-electron chi connectivity index (χ3n) is 2.29. The topological polar surface area (TPSA) is 82.0 Å². The lowest BCUT2D eigenvalue weighted by Crippen LogP contribution is -2.51. The summed E-state index contributed by atoms with van der Waals surface area (Å²) in [5, 5.41) is 0. The van der Waals surface area contributed by atoms with Crippen LogP contribution in [-0.4, -0.2) is 15.9 Å². The lowest BCUT2D eigenvalue weighted by Gasteiger charge is -2.05. The molecule has 0 aliphatic carbocycles. The number of anilines is 1. The molecular weight excluding hydrogens is 232 g/mol. The summed E-state index contributed by atoms with van der Waals surface area (Å²) >= 11 is 0. The molecule has 0 bridgehead atoms. The first-order valence-electron chi connectivity index (χ1n) is 5.37. The van der Waals surface area contributed by atoms with Crippen LogP contribution in [0.5, 0.6) is 0 Å². The van der Waals surface area contributed by atoms with Crippen LogP contribution in [0.3, 0.4) is 0 Å². The number of nitrogens with two attached hydrogens (primary N) is 1. The number of hydrogen-bond acceptors (Lipinski definition) is 5. The fourth-order valence-corrected chi connectivity index (χ4v) is 1.53. The van der Waals surface area contributed by atoms with Crippen molar-refractivity contribution in [3.63, 3.8) is 0 Å². The zero-order chi connectivity index (χ0) is 13.1. The Morgan fingerprint density at radius 2 is 2.17 bits per heavy atom. The summed E-state index contributed by atoms with van der Waals surface area (Å²) in [6.45, 7) is 3.59. The molecule has 0 atom stereocenters. The second-order valence-electron chi connectivity index (χ2n) is 3.79. The van der Waals surface area contributed by atoms with Gasteiger partial charge in [0.25, 0.3) is 0 Å². The van der Waals surface area contributed by atoms with E-state index in [1.807, 2.05) is 6.92 Å². The summed E-state index contributed by atoms with van der Waals surface area (Å²) in [4.78, 5) is 24.9. The highest BCUT2D eigenvalue weighted by Gasteiger charge is 2.18. The SMILES string of the molecule is Cc1cc(C)[n+](OC(=O)c2ccccn2)c(N)n1. The smallest absolute Gasteiger partial charge is 0.284 e. The van der Waals surface area contributed by atoms with Crippen LogP contribution in [0.4, 0.5) is 5.95 Å². The number of hydrogen-bond donors (Lipinski definition) is 1. The van der Waals surface area contributed by atoms with Gasteiger partial charge in [0.1, 0.15) is 11.4 Å². The summed E-state index contributed by atoms with van der Waals surface area (Å²) in [6.07, 6.45) is 1.52. The van der Waals surface area contributed by atoms with E-state index in [1.165, 1.54) is 10.9 Å². The van der Waals surface area contributed by atoms with E-state index in [4.69, 9.17) is 10.6 Å². The molecule has 0 amide bonds. The van der Waals surface area contributed by atoms with E-state index in [2.05, 4.69) is 9.97 Å².